The third-order valence-electron chi connectivity index (χ3n) is 5.28. The van der Waals surface area contributed by atoms with Crippen LogP contribution in [0.5, 0.6) is 5.75 Å². The second-order valence-electron chi connectivity index (χ2n) is 7.83. The molecule has 0 aromatic heterocycles. The lowest BCUT2D eigenvalue weighted by Crippen LogP contribution is -2.41. The molecule has 3 aromatic rings. The number of para-hydroxylation sites is 1. The predicted octanol–water partition coefficient (Wildman–Crippen LogP) is 3.73. The summed E-state index contributed by atoms with van der Waals surface area (Å²) < 4.78 is 5.81. The van der Waals surface area contributed by atoms with Crippen LogP contribution in [0.3, 0.4) is 0 Å². The van der Waals surface area contributed by atoms with Gasteiger partial charge in [0, 0.05) is 23.6 Å². The summed E-state index contributed by atoms with van der Waals surface area (Å²) in [5.74, 6) is -0.397. The fraction of sp³-hybridized carbons (Fsp3) is 0.192. The van der Waals surface area contributed by atoms with Crippen molar-refractivity contribution in [3.8, 4) is 5.75 Å². The maximum atomic E-state index is 12.6. The van der Waals surface area contributed by atoms with Gasteiger partial charge in [0.15, 0.2) is 0 Å². The molecule has 168 valence electrons. The van der Waals surface area contributed by atoms with Gasteiger partial charge in [-0.1, -0.05) is 42.5 Å². The van der Waals surface area contributed by atoms with Gasteiger partial charge in [0.25, 0.3) is 11.8 Å². The summed E-state index contributed by atoms with van der Waals surface area (Å²) >= 11 is 0. The fourth-order valence-corrected chi connectivity index (χ4v) is 3.25. The zero-order chi connectivity index (χ0) is 23.0. The Bertz CT molecular complexity index is 1130. The molecular formula is C26H25N3O4. The lowest BCUT2D eigenvalue weighted by molar-refractivity contribution is -0.117. The number of nitrogens with one attached hydrogen (secondary N) is 3. The van der Waals surface area contributed by atoms with Crippen molar-refractivity contribution in [1.82, 2.24) is 10.9 Å². The minimum atomic E-state index is -0.480. The van der Waals surface area contributed by atoms with Crippen molar-refractivity contribution < 1.29 is 19.1 Å². The quantitative estimate of drug-likeness (QED) is 0.462. The molecule has 3 aromatic carbocycles. The Morgan fingerprint density at radius 2 is 1.45 bits per heavy atom. The predicted molar refractivity (Wildman–Crippen MR) is 125 cm³/mol. The lowest BCUT2D eigenvalue weighted by atomic mass is 10.1. The fourth-order valence-electron chi connectivity index (χ4n) is 3.25. The average molecular weight is 444 g/mol. The summed E-state index contributed by atoms with van der Waals surface area (Å²) in [6, 6.07) is 23.3. The molecule has 0 spiro atoms. The van der Waals surface area contributed by atoms with Crippen LogP contribution in [-0.2, 0) is 11.2 Å². The molecule has 0 atom stereocenters. The van der Waals surface area contributed by atoms with E-state index in [-0.39, 0.29) is 11.8 Å². The molecule has 1 saturated carbocycles. The zero-order valence-electron chi connectivity index (χ0n) is 18.0. The summed E-state index contributed by atoms with van der Waals surface area (Å²) in [6.45, 7) is 0.421. The SMILES string of the molecule is O=C(NNC(=O)c1ccccc1OCCc1ccccc1)c1ccc(NC(=O)C2CC2)cc1. The molecule has 33 heavy (non-hydrogen) atoms. The first-order valence-corrected chi connectivity index (χ1v) is 10.9. The van der Waals surface area contributed by atoms with Gasteiger partial charge in [-0.15, -0.1) is 0 Å². The second kappa shape index (κ2) is 10.5. The number of benzene rings is 3. The van der Waals surface area contributed by atoms with E-state index in [2.05, 4.69) is 16.2 Å². The number of carbonyl (C=O) groups excluding carboxylic acids is 3. The van der Waals surface area contributed by atoms with Gasteiger partial charge >= 0.3 is 0 Å². The molecule has 0 radical (unpaired) electrons. The van der Waals surface area contributed by atoms with Gasteiger partial charge in [-0.25, -0.2) is 0 Å². The third kappa shape index (κ3) is 6.20. The first kappa shape index (κ1) is 22.1. The summed E-state index contributed by atoms with van der Waals surface area (Å²) in [5.41, 5.74) is 7.29. The maximum Gasteiger partial charge on any atom is 0.273 e. The Morgan fingerprint density at radius 3 is 2.18 bits per heavy atom. The molecular weight excluding hydrogens is 418 g/mol. The standard InChI is InChI=1S/C26H25N3O4/c30-24(19-10-11-19)27-21-14-12-20(13-15-21)25(31)28-29-26(32)22-8-4-5-9-23(22)33-17-16-18-6-2-1-3-7-18/h1-9,12-15,19H,10-11,16-17H2,(H,27,30)(H,28,31)(H,29,32). The van der Waals surface area contributed by atoms with Crippen molar-refractivity contribution in [3.05, 3.63) is 95.6 Å². The van der Waals surface area contributed by atoms with Crippen molar-refractivity contribution in [3.63, 3.8) is 0 Å². The highest BCUT2D eigenvalue weighted by atomic mass is 16.5. The van der Waals surface area contributed by atoms with Gasteiger partial charge in [-0.05, 0) is 54.8 Å². The van der Waals surface area contributed by atoms with E-state index in [1.807, 2.05) is 30.3 Å². The molecule has 7 heteroatoms. The smallest absolute Gasteiger partial charge is 0.273 e. The van der Waals surface area contributed by atoms with Crippen molar-refractivity contribution in [1.29, 1.82) is 0 Å². The molecule has 1 aliphatic carbocycles. The van der Waals surface area contributed by atoms with Crippen LogP contribution < -0.4 is 20.9 Å². The number of hydrogen-bond acceptors (Lipinski definition) is 4. The van der Waals surface area contributed by atoms with Gasteiger partial charge in [0.05, 0.1) is 12.2 Å². The Balaban J connectivity index is 1.29. The largest absolute Gasteiger partial charge is 0.492 e. The third-order valence-corrected chi connectivity index (χ3v) is 5.28. The van der Waals surface area contributed by atoms with Gasteiger partial charge in [-0.2, -0.15) is 0 Å². The summed E-state index contributed by atoms with van der Waals surface area (Å²) in [5, 5.41) is 2.82. The monoisotopic (exact) mass is 443 g/mol. The molecule has 3 N–H and O–H groups in total. The Kier molecular flexibility index (Phi) is 6.99. The van der Waals surface area contributed by atoms with Crippen molar-refractivity contribution in [2.45, 2.75) is 19.3 Å². The molecule has 0 aliphatic heterocycles. The van der Waals surface area contributed by atoms with Crippen LogP contribution in [0.25, 0.3) is 0 Å². The van der Waals surface area contributed by atoms with Crippen LogP contribution in [0, 0.1) is 5.92 Å². The number of anilines is 1. The van der Waals surface area contributed by atoms with E-state index in [1.54, 1.807) is 48.5 Å². The highest BCUT2D eigenvalue weighted by molar-refractivity contribution is 6.01. The van der Waals surface area contributed by atoms with Gasteiger partial charge in [0.2, 0.25) is 5.91 Å². The number of hydrogen-bond donors (Lipinski definition) is 3. The molecule has 1 fully saturated rings. The van der Waals surface area contributed by atoms with E-state index >= 15 is 0 Å². The summed E-state index contributed by atoms with van der Waals surface area (Å²) in [6.07, 6.45) is 2.56. The van der Waals surface area contributed by atoms with Crippen molar-refractivity contribution in [2.24, 2.45) is 5.92 Å². The van der Waals surface area contributed by atoms with Crippen LogP contribution in [0.4, 0.5) is 5.69 Å². The zero-order valence-corrected chi connectivity index (χ0v) is 18.0. The number of ether oxygens (including phenoxy) is 1. The van der Waals surface area contributed by atoms with E-state index < -0.39 is 11.8 Å². The van der Waals surface area contributed by atoms with E-state index in [4.69, 9.17) is 4.74 Å². The molecule has 7 nitrogen and oxygen atoms in total. The molecule has 0 bridgehead atoms. The number of rotatable bonds is 8. The van der Waals surface area contributed by atoms with Gasteiger partial charge in [0.1, 0.15) is 5.75 Å². The molecule has 0 saturated heterocycles. The number of hydrazine groups is 1. The minimum Gasteiger partial charge on any atom is -0.492 e. The second-order valence-corrected chi connectivity index (χ2v) is 7.83. The van der Waals surface area contributed by atoms with Crippen molar-refractivity contribution >= 4 is 23.4 Å². The van der Waals surface area contributed by atoms with E-state index in [0.29, 0.717) is 35.6 Å². The first-order valence-electron chi connectivity index (χ1n) is 10.9. The molecule has 3 amide bonds. The Labute approximate surface area is 192 Å². The van der Waals surface area contributed by atoms with Crippen LogP contribution in [0.1, 0.15) is 39.1 Å². The number of amides is 3. The minimum absolute atomic E-state index is 0.00381. The summed E-state index contributed by atoms with van der Waals surface area (Å²) in [7, 11) is 0. The number of carbonyl (C=O) groups is 3. The van der Waals surface area contributed by atoms with E-state index in [0.717, 1.165) is 18.4 Å². The first-order chi connectivity index (χ1) is 16.1. The van der Waals surface area contributed by atoms with Gasteiger partial charge < -0.3 is 10.1 Å². The highest BCUT2D eigenvalue weighted by Gasteiger charge is 2.29. The molecule has 0 unspecified atom stereocenters. The van der Waals surface area contributed by atoms with Crippen LogP contribution in [0.15, 0.2) is 78.9 Å². The van der Waals surface area contributed by atoms with Gasteiger partial charge in [-0.3, -0.25) is 25.2 Å². The van der Waals surface area contributed by atoms with Crippen molar-refractivity contribution in [2.75, 3.05) is 11.9 Å². The maximum absolute atomic E-state index is 12.6. The average Bonchev–Trinajstić information content (AvgIpc) is 3.70. The highest BCUT2D eigenvalue weighted by Crippen LogP contribution is 2.30. The normalized spacial score (nSPS) is 12.5. The van der Waals surface area contributed by atoms with Crippen LogP contribution in [-0.4, -0.2) is 24.3 Å². The van der Waals surface area contributed by atoms with E-state index in [1.165, 1.54) is 0 Å². The molecule has 0 heterocycles. The van der Waals surface area contributed by atoms with Crippen LogP contribution in [0.2, 0.25) is 0 Å². The van der Waals surface area contributed by atoms with Crippen LogP contribution >= 0.6 is 0 Å². The van der Waals surface area contributed by atoms with E-state index in [9.17, 15) is 14.4 Å². The Morgan fingerprint density at radius 1 is 0.788 bits per heavy atom. The Hall–Kier alpha value is -4.13. The summed E-state index contributed by atoms with van der Waals surface area (Å²) in [4.78, 5) is 36.9. The molecule has 1 aliphatic rings. The topological polar surface area (TPSA) is 96.5 Å². The lowest BCUT2D eigenvalue weighted by Gasteiger charge is -2.12. The molecule has 4 rings (SSSR count).